The van der Waals surface area contributed by atoms with Crippen molar-refractivity contribution in [2.45, 2.75) is 12.8 Å². The number of likely N-dealkylation sites (tertiary alicyclic amines) is 1. The van der Waals surface area contributed by atoms with Gasteiger partial charge in [0.25, 0.3) is 0 Å². The van der Waals surface area contributed by atoms with Crippen LogP contribution >= 0.6 is 0 Å². The quantitative estimate of drug-likeness (QED) is 0.891. The summed E-state index contributed by atoms with van der Waals surface area (Å²) in [4.78, 5) is 18.5. The Kier molecular flexibility index (Phi) is 4.01. The van der Waals surface area contributed by atoms with Gasteiger partial charge in [-0.2, -0.15) is 0 Å². The van der Waals surface area contributed by atoms with Gasteiger partial charge in [-0.05, 0) is 30.9 Å². The fourth-order valence-electron chi connectivity index (χ4n) is 2.80. The molecule has 2 N–H and O–H groups in total. The van der Waals surface area contributed by atoms with Gasteiger partial charge in [-0.1, -0.05) is 18.2 Å². The Morgan fingerprint density at radius 1 is 1.38 bits per heavy atom. The molecule has 2 aromatic rings. The van der Waals surface area contributed by atoms with Crippen LogP contribution in [0.25, 0.3) is 10.9 Å². The Labute approximate surface area is 123 Å². The topological polar surface area (TPSA) is 65.5 Å². The molecule has 1 aromatic carbocycles. The number of nitrogens with one attached hydrogen (secondary N) is 1. The van der Waals surface area contributed by atoms with E-state index in [1.807, 2.05) is 30.3 Å². The number of pyridine rings is 1. The van der Waals surface area contributed by atoms with Gasteiger partial charge in [0.05, 0.1) is 11.2 Å². The molecule has 1 atom stereocenters. The van der Waals surface area contributed by atoms with Crippen LogP contribution in [0.15, 0.2) is 36.5 Å². The molecule has 0 unspecified atom stereocenters. The maximum atomic E-state index is 12.4. The Bertz CT molecular complexity index is 639. The number of piperidine rings is 1. The number of carbonyl (C=O) groups is 1. The van der Waals surface area contributed by atoms with Crippen molar-refractivity contribution < 1.29 is 9.90 Å². The van der Waals surface area contributed by atoms with Gasteiger partial charge in [0.1, 0.15) is 0 Å². The molecule has 0 bridgehead atoms. The summed E-state index contributed by atoms with van der Waals surface area (Å²) in [5, 5.41) is 13.2. The van der Waals surface area contributed by atoms with Gasteiger partial charge in [0, 0.05) is 31.3 Å². The second-order valence-electron chi connectivity index (χ2n) is 5.45. The van der Waals surface area contributed by atoms with E-state index in [1.165, 1.54) is 0 Å². The average molecular weight is 285 g/mol. The molecule has 0 spiro atoms. The summed E-state index contributed by atoms with van der Waals surface area (Å²) in [7, 11) is 0. The molecule has 0 saturated carbocycles. The highest BCUT2D eigenvalue weighted by atomic mass is 16.3. The second kappa shape index (κ2) is 6.10. The number of aliphatic hydroxyl groups excluding tert-OH is 1. The molecule has 0 aliphatic carbocycles. The molecule has 2 heterocycles. The number of hydrogen-bond donors (Lipinski definition) is 2. The van der Waals surface area contributed by atoms with Gasteiger partial charge >= 0.3 is 6.03 Å². The van der Waals surface area contributed by atoms with Crippen molar-refractivity contribution in [1.82, 2.24) is 9.88 Å². The molecule has 5 heteroatoms. The fourth-order valence-corrected chi connectivity index (χ4v) is 2.80. The van der Waals surface area contributed by atoms with Crippen LogP contribution in [-0.2, 0) is 0 Å². The van der Waals surface area contributed by atoms with Crippen LogP contribution in [0.4, 0.5) is 10.5 Å². The van der Waals surface area contributed by atoms with Gasteiger partial charge in [-0.25, -0.2) is 4.79 Å². The number of anilines is 1. The summed E-state index contributed by atoms with van der Waals surface area (Å²) in [5.74, 6) is 0.190. The second-order valence-corrected chi connectivity index (χ2v) is 5.45. The molecule has 0 radical (unpaired) electrons. The molecular formula is C16H19N3O2. The maximum absolute atomic E-state index is 12.4. The third kappa shape index (κ3) is 2.97. The van der Waals surface area contributed by atoms with E-state index in [2.05, 4.69) is 10.3 Å². The first kappa shape index (κ1) is 13.8. The van der Waals surface area contributed by atoms with Gasteiger partial charge in [-0.15, -0.1) is 0 Å². The minimum atomic E-state index is -0.119. The summed E-state index contributed by atoms with van der Waals surface area (Å²) in [6.07, 6.45) is 3.64. The number of nitrogens with zero attached hydrogens (tertiary/aromatic N) is 2. The van der Waals surface area contributed by atoms with Gasteiger partial charge in [0.2, 0.25) is 0 Å². The molecule has 1 aromatic heterocycles. The van der Waals surface area contributed by atoms with E-state index in [-0.39, 0.29) is 18.6 Å². The van der Waals surface area contributed by atoms with Crippen molar-refractivity contribution in [2.75, 3.05) is 25.0 Å². The number of para-hydroxylation sites is 1. The van der Waals surface area contributed by atoms with E-state index in [9.17, 15) is 9.90 Å². The lowest BCUT2D eigenvalue weighted by molar-refractivity contribution is 0.136. The van der Waals surface area contributed by atoms with E-state index in [0.29, 0.717) is 6.54 Å². The number of benzene rings is 1. The van der Waals surface area contributed by atoms with Gasteiger partial charge in [0.15, 0.2) is 0 Å². The first-order chi connectivity index (χ1) is 10.3. The molecule has 1 aliphatic heterocycles. The molecular weight excluding hydrogens is 266 g/mol. The third-order valence-corrected chi connectivity index (χ3v) is 3.94. The predicted molar refractivity (Wildman–Crippen MR) is 82.1 cm³/mol. The van der Waals surface area contributed by atoms with E-state index in [1.54, 1.807) is 11.1 Å². The zero-order valence-electron chi connectivity index (χ0n) is 11.8. The van der Waals surface area contributed by atoms with E-state index < -0.39 is 0 Å². The number of aromatic nitrogens is 1. The third-order valence-electron chi connectivity index (χ3n) is 3.94. The first-order valence-corrected chi connectivity index (χ1v) is 7.28. The summed E-state index contributed by atoms with van der Waals surface area (Å²) >= 11 is 0. The van der Waals surface area contributed by atoms with E-state index in [0.717, 1.165) is 36.0 Å². The molecule has 5 nitrogen and oxygen atoms in total. The van der Waals surface area contributed by atoms with Crippen LogP contribution in [0.2, 0.25) is 0 Å². The molecule has 110 valence electrons. The lowest BCUT2D eigenvalue weighted by atomic mass is 9.99. The smallest absolute Gasteiger partial charge is 0.321 e. The number of urea groups is 1. The van der Waals surface area contributed by atoms with Crippen LogP contribution in [-0.4, -0.2) is 40.7 Å². The standard InChI is InChI=1S/C16H19N3O2/c20-11-12-4-3-9-19(10-12)16(21)18-14-7-1-5-13-6-2-8-17-15(13)14/h1-2,5-8,12,20H,3-4,9-11H2,(H,18,21)/t12-/m0/s1. The number of hydrogen-bond acceptors (Lipinski definition) is 3. The van der Waals surface area contributed by atoms with Crippen LogP contribution < -0.4 is 5.32 Å². The number of fused-ring (bicyclic) bond motifs is 1. The van der Waals surface area contributed by atoms with Crippen molar-refractivity contribution in [1.29, 1.82) is 0 Å². The number of aliphatic hydroxyl groups is 1. The number of amides is 2. The van der Waals surface area contributed by atoms with Crippen molar-refractivity contribution in [3.8, 4) is 0 Å². The number of carbonyl (C=O) groups excluding carboxylic acids is 1. The molecule has 21 heavy (non-hydrogen) atoms. The largest absolute Gasteiger partial charge is 0.396 e. The monoisotopic (exact) mass is 285 g/mol. The molecule has 3 rings (SSSR count). The summed E-state index contributed by atoms with van der Waals surface area (Å²) in [6, 6.07) is 9.48. The Morgan fingerprint density at radius 3 is 3.10 bits per heavy atom. The zero-order valence-corrected chi connectivity index (χ0v) is 11.8. The van der Waals surface area contributed by atoms with Gasteiger partial charge < -0.3 is 15.3 Å². The Morgan fingerprint density at radius 2 is 2.24 bits per heavy atom. The zero-order chi connectivity index (χ0) is 14.7. The normalized spacial score (nSPS) is 18.7. The van der Waals surface area contributed by atoms with E-state index >= 15 is 0 Å². The average Bonchev–Trinajstić information content (AvgIpc) is 2.55. The highest BCUT2D eigenvalue weighted by Gasteiger charge is 2.23. The van der Waals surface area contributed by atoms with Crippen LogP contribution in [0.3, 0.4) is 0 Å². The highest BCUT2D eigenvalue weighted by molar-refractivity contribution is 5.99. The summed E-state index contributed by atoms with van der Waals surface area (Å²) in [6.45, 7) is 1.49. The Hall–Kier alpha value is -2.14. The number of rotatable bonds is 2. The van der Waals surface area contributed by atoms with Crippen LogP contribution in [0.5, 0.6) is 0 Å². The van der Waals surface area contributed by atoms with E-state index in [4.69, 9.17) is 0 Å². The molecule has 1 saturated heterocycles. The van der Waals surface area contributed by atoms with Crippen molar-refractivity contribution in [3.63, 3.8) is 0 Å². The highest BCUT2D eigenvalue weighted by Crippen LogP contribution is 2.22. The van der Waals surface area contributed by atoms with Crippen LogP contribution in [0, 0.1) is 5.92 Å². The minimum Gasteiger partial charge on any atom is -0.396 e. The van der Waals surface area contributed by atoms with Crippen molar-refractivity contribution in [2.24, 2.45) is 5.92 Å². The van der Waals surface area contributed by atoms with Crippen LogP contribution in [0.1, 0.15) is 12.8 Å². The summed E-state index contributed by atoms with van der Waals surface area (Å²) < 4.78 is 0. The molecule has 2 amide bonds. The van der Waals surface area contributed by atoms with Crippen molar-refractivity contribution in [3.05, 3.63) is 36.5 Å². The van der Waals surface area contributed by atoms with Gasteiger partial charge in [-0.3, -0.25) is 4.98 Å². The predicted octanol–water partition coefficient (Wildman–Crippen LogP) is 2.47. The molecule has 1 aliphatic rings. The Balaban J connectivity index is 1.77. The SMILES string of the molecule is O=C(Nc1cccc2cccnc12)N1CCC[C@H](CO)C1. The molecule has 1 fully saturated rings. The summed E-state index contributed by atoms with van der Waals surface area (Å²) in [5.41, 5.74) is 1.52. The lowest BCUT2D eigenvalue weighted by Crippen LogP contribution is -2.43. The fraction of sp³-hybridized carbons (Fsp3) is 0.375. The minimum absolute atomic E-state index is 0.119. The first-order valence-electron chi connectivity index (χ1n) is 7.28. The lowest BCUT2D eigenvalue weighted by Gasteiger charge is -2.31. The van der Waals surface area contributed by atoms with Crippen molar-refractivity contribution >= 4 is 22.6 Å². The maximum Gasteiger partial charge on any atom is 0.321 e.